The van der Waals surface area contributed by atoms with Crippen LogP contribution in [0.5, 0.6) is 5.75 Å². The Labute approximate surface area is 127 Å². The summed E-state index contributed by atoms with van der Waals surface area (Å²) in [5, 5.41) is 4.03. The minimum absolute atomic E-state index is 0.707. The number of hydrogen-bond acceptors (Lipinski definition) is 3. The Hall–Kier alpha value is -0.770. The summed E-state index contributed by atoms with van der Waals surface area (Å²) in [4.78, 5) is 2.48. The number of rotatable bonds is 7. The zero-order valence-electron chi connectivity index (χ0n) is 12.3. The van der Waals surface area contributed by atoms with Crippen LogP contribution in [-0.4, -0.2) is 37.7 Å². The molecule has 0 aliphatic carbocycles. The van der Waals surface area contributed by atoms with Crippen molar-refractivity contribution in [1.82, 2.24) is 10.2 Å². The van der Waals surface area contributed by atoms with Crippen LogP contribution in [0.4, 0.5) is 0 Å². The maximum absolute atomic E-state index is 6.26. The van der Waals surface area contributed by atoms with Crippen LogP contribution in [0, 0.1) is 0 Å². The summed E-state index contributed by atoms with van der Waals surface area (Å²) in [6.07, 6.45) is 4.00. The molecule has 0 bridgehead atoms. The zero-order chi connectivity index (χ0) is 14.2. The standard InChI is InChI=1S/C16H25ClN2O/c1-2-18-13-14-7-6-8-15(17)16(14)20-12-11-19-9-4-3-5-10-19/h6-8,18H,2-5,9-13H2,1H3. The van der Waals surface area contributed by atoms with E-state index in [0.717, 1.165) is 30.9 Å². The van der Waals surface area contributed by atoms with Crippen molar-refractivity contribution in [3.8, 4) is 5.75 Å². The molecule has 0 saturated carbocycles. The van der Waals surface area contributed by atoms with Gasteiger partial charge in [0, 0.05) is 18.7 Å². The summed E-state index contributed by atoms with van der Waals surface area (Å²) in [6.45, 7) is 7.96. The molecular formula is C16H25ClN2O. The average molecular weight is 297 g/mol. The van der Waals surface area contributed by atoms with Crippen LogP contribution in [0.25, 0.3) is 0 Å². The smallest absolute Gasteiger partial charge is 0.142 e. The molecule has 0 amide bonds. The molecule has 3 nitrogen and oxygen atoms in total. The third kappa shape index (κ3) is 4.65. The van der Waals surface area contributed by atoms with Gasteiger partial charge in [0.2, 0.25) is 0 Å². The van der Waals surface area contributed by atoms with Gasteiger partial charge in [-0.25, -0.2) is 0 Å². The number of ether oxygens (including phenoxy) is 1. The first kappa shape index (κ1) is 15.6. The lowest BCUT2D eigenvalue weighted by molar-refractivity contribution is 0.182. The van der Waals surface area contributed by atoms with Crippen molar-refractivity contribution < 1.29 is 4.74 Å². The highest BCUT2D eigenvalue weighted by Crippen LogP contribution is 2.28. The van der Waals surface area contributed by atoms with E-state index in [1.54, 1.807) is 0 Å². The highest BCUT2D eigenvalue weighted by molar-refractivity contribution is 6.32. The second kappa shape index (κ2) is 8.50. The number of benzene rings is 1. The Balaban J connectivity index is 1.87. The van der Waals surface area contributed by atoms with Crippen LogP contribution in [0.3, 0.4) is 0 Å². The van der Waals surface area contributed by atoms with E-state index in [0.29, 0.717) is 11.6 Å². The minimum atomic E-state index is 0.707. The summed E-state index contributed by atoms with van der Waals surface area (Å²) in [5.74, 6) is 0.840. The molecule has 1 aliphatic rings. The molecule has 4 heteroatoms. The van der Waals surface area contributed by atoms with Crippen molar-refractivity contribution >= 4 is 11.6 Å². The zero-order valence-corrected chi connectivity index (χ0v) is 13.1. The van der Waals surface area contributed by atoms with Gasteiger partial charge in [-0.05, 0) is 38.5 Å². The summed E-state index contributed by atoms with van der Waals surface area (Å²) in [5.41, 5.74) is 1.14. The molecular weight excluding hydrogens is 272 g/mol. The van der Waals surface area contributed by atoms with Gasteiger partial charge in [0.1, 0.15) is 12.4 Å². The van der Waals surface area contributed by atoms with Gasteiger partial charge in [-0.1, -0.05) is 37.1 Å². The van der Waals surface area contributed by atoms with Crippen molar-refractivity contribution in [3.63, 3.8) is 0 Å². The van der Waals surface area contributed by atoms with Crippen LogP contribution in [0.15, 0.2) is 18.2 Å². The number of halogens is 1. The number of nitrogens with zero attached hydrogens (tertiary/aromatic N) is 1. The van der Waals surface area contributed by atoms with Crippen molar-refractivity contribution in [2.24, 2.45) is 0 Å². The van der Waals surface area contributed by atoms with Gasteiger partial charge >= 0.3 is 0 Å². The van der Waals surface area contributed by atoms with Crippen LogP contribution < -0.4 is 10.1 Å². The Morgan fingerprint density at radius 3 is 2.80 bits per heavy atom. The van der Waals surface area contributed by atoms with Crippen LogP contribution in [-0.2, 0) is 6.54 Å². The molecule has 2 rings (SSSR count). The Bertz CT molecular complexity index is 405. The van der Waals surface area contributed by atoms with Crippen molar-refractivity contribution in [2.75, 3.05) is 32.8 Å². The molecule has 1 aromatic rings. The highest BCUT2D eigenvalue weighted by Gasteiger charge is 2.12. The van der Waals surface area contributed by atoms with Crippen LogP contribution in [0.1, 0.15) is 31.7 Å². The van der Waals surface area contributed by atoms with Crippen molar-refractivity contribution in [1.29, 1.82) is 0 Å². The van der Waals surface area contributed by atoms with E-state index >= 15 is 0 Å². The fourth-order valence-corrected chi connectivity index (χ4v) is 2.82. The lowest BCUT2D eigenvalue weighted by Crippen LogP contribution is -2.33. The van der Waals surface area contributed by atoms with Gasteiger partial charge in [0.15, 0.2) is 0 Å². The Morgan fingerprint density at radius 2 is 2.05 bits per heavy atom. The number of hydrogen-bond donors (Lipinski definition) is 1. The molecule has 20 heavy (non-hydrogen) atoms. The first-order chi connectivity index (χ1) is 9.81. The topological polar surface area (TPSA) is 24.5 Å². The van der Waals surface area contributed by atoms with Gasteiger partial charge in [0.25, 0.3) is 0 Å². The molecule has 1 saturated heterocycles. The van der Waals surface area contributed by atoms with E-state index in [1.807, 2.05) is 12.1 Å². The van der Waals surface area contributed by atoms with Crippen LogP contribution >= 0.6 is 11.6 Å². The summed E-state index contributed by atoms with van der Waals surface area (Å²) in [6, 6.07) is 5.95. The predicted octanol–water partition coefficient (Wildman–Crippen LogP) is 3.31. The van der Waals surface area contributed by atoms with E-state index in [4.69, 9.17) is 16.3 Å². The summed E-state index contributed by atoms with van der Waals surface area (Å²) in [7, 11) is 0. The largest absolute Gasteiger partial charge is 0.490 e. The quantitative estimate of drug-likeness (QED) is 0.835. The van der Waals surface area contributed by atoms with Gasteiger partial charge < -0.3 is 10.1 Å². The molecule has 1 N–H and O–H groups in total. The maximum Gasteiger partial charge on any atom is 0.142 e. The van der Waals surface area contributed by atoms with E-state index in [9.17, 15) is 0 Å². The molecule has 0 unspecified atom stereocenters. The third-order valence-electron chi connectivity index (χ3n) is 3.72. The van der Waals surface area contributed by atoms with Crippen molar-refractivity contribution in [3.05, 3.63) is 28.8 Å². The Kier molecular flexibility index (Phi) is 6.64. The van der Waals surface area contributed by atoms with Crippen LogP contribution in [0.2, 0.25) is 5.02 Å². The van der Waals surface area contributed by atoms with Gasteiger partial charge in [0.05, 0.1) is 5.02 Å². The van der Waals surface area contributed by atoms with E-state index in [1.165, 1.54) is 32.4 Å². The summed E-state index contributed by atoms with van der Waals surface area (Å²) < 4.78 is 5.95. The first-order valence-corrected chi connectivity index (χ1v) is 8.02. The number of likely N-dealkylation sites (tertiary alicyclic amines) is 1. The lowest BCUT2D eigenvalue weighted by atomic mass is 10.1. The average Bonchev–Trinajstić information content (AvgIpc) is 2.48. The molecule has 0 aromatic heterocycles. The second-order valence-corrected chi connectivity index (χ2v) is 5.67. The number of piperidine rings is 1. The van der Waals surface area contributed by atoms with Gasteiger partial charge in [-0.3, -0.25) is 4.90 Å². The molecule has 1 aliphatic heterocycles. The van der Waals surface area contributed by atoms with Crippen molar-refractivity contribution in [2.45, 2.75) is 32.7 Å². The highest BCUT2D eigenvalue weighted by atomic mass is 35.5. The normalized spacial score (nSPS) is 16.3. The molecule has 0 radical (unpaired) electrons. The van der Waals surface area contributed by atoms with E-state index < -0.39 is 0 Å². The SMILES string of the molecule is CCNCc1cccc(Cl)c1OCCN1CCCCC1. The third-order valence-corrected chi connectivity index (χ3v) is 4.01. The molecule has 1 heterocycles. The molecule has 1 aromatic carbocycles. The molecule has 0 spiro atoms. The lowest BCUT2D eigenvalue weighted by Gasteiger charge is -2.26. The Morgan fingerprint density at radius 1 is 1.25 bits per heavy atom. The first-order valence-electron chi connectivity index (χ1n) is 7.64. The molecule has 0 atom stereocenters. The van der Waals surface area contributed by atoms with E-state index in [2.05, 4.69) is 23.2 Å². The molecule has 1 fully saturated rings. The predicted molar refractivity (Wildman–Crippen MR) is 84.6 cm³/mol. The fraction of sp³-hybridized carbons (Fsp3) is 0.625. The number of nitrogens with one attached hydrogen (secondary N) is 1. The summed E-state index contributed by atoms with van der Waals surface area (Å²) >= 11 is 6.26. The maximum atomic E-state index is 6.26. The van der Waals surface area contributed by atoms with Gasteiger partial charge in [-0.15, -0.1) is 0 Å². The number of para-hydroxylation sites is 1. The fourth-order valence-electron chi connectivity index (χ4n) is 2.57. The minimum Gasteiger partial charge on any atom is -0.490 e. The van der Waals surface area contributed by atoms with Gasteiger partial charge in [-0.2, -0.15) is 0 Å². The monoisotopic (exact) mass is 296 g/mol. The molecule has 112 valence electrons. The van der Waals surface area contributed by atoms with E-state index in [-0.39, 0.29) is 0 Å². The second-order valence-electron chi connectivity index (χ2n) is 5.26.